The maximum absolute atomic E-state index is 4.07. The summed E-state index contributed by atoms with van der Waals surface area (Å²) in [6.07, 6.45) is 0. The molecule has 0 atom stereocenters. The molecule has 0 saturated heterocycles. The number of hydrogen-bond acceptors (Lipinski definition) is 3. The van der Waals surface area contributed by atoms with Gasteiger partial charge in [0.25, 0.3) is 0 Å². The normalized spacial score (nSPS) is 9.44. The molecule has 50 valence electrons. The van der Waals surface area contributed by atoms with Crippen LogP contribution in [0, 0.1) is 0 Å². The second kappa shape index (κ2) is 3.80. The number of nitrogens with one attached hydrogen (secondary N) is 1. The Morgan fingerprint density at radius 1 is 1.67 bits per heavy atom. The van der Waals surface area contributed by atoms with Crippen LogP contribution in [0.2, 0.25) is 0 Å². The molecule has 1 rings (SSSR count). The fourth-order valence-electron chi connectivity index (χ4n) is 0.558. The highest BCUT2D eigenvalue weighted by Crippen LogP contribution is 2.13. The Balaban J connectivity index is 2.30. The first-order chi connectivity index (χ1) is 4.43. The standard InChI is InChI=1S/C6H9NS2/c8-4-3-7-6-2-1-5-9-6/h1-2,5,7-8H,3-4H2. The Morgan fingerprint density at radius 3 is 3.11 bits per heavy atom. The van der Waals surface area contributed by atoms with E-state index >= 15 is 0 Å². The van der Waals surface area contributed by atoms with Gasteiger partial charge in [-0.1, -0.05) is 0 Å². The zero-order chi connectivity index (χ0) is 6.53. The summed E-state index contributed by atoms with van der Waals surface area (Å²) >= 11 is 5.79. The molecule has 1 N–H and O–H groups in total. The van der Waals surface area contributed by atoms with E-state index in [9.17, 15) is 0 Å². The molecular weight excluding hydrogens is 150 g/mol. The van der Waals surface area contributed by atoms with Gasteiger partial charge in [-0.05, 0) is 17.5 Å². The van der Waals surface area contributed by atoms with Crippen molar-refractivity contribution in [2.75, 3.05) is 17.6 Å². The lowest BCUT2D eigenvalue weighted by Crippen LogP contribution is -1.99. The molecule has 9 heavy (non-hydrogen) atoms. The van der Waals surface area contributed by atoms with Gasteiger partial charge in [0.2, 0.25) is 0 Å². The largest absolute Gasteiger partial charge is 0.376 e. The van der Waals surface area contributed by atoms with Gasteiger partial charge in [0.15, 0.2) is 0 Å². The first-order valence-corrected chi connectivity index (χ1v) is 4.33. The molecule has 0 aliphatic heterocycles. The van der Waals surface area contributed by atoms with E-state index in [1.54, 1.807) is 11.3 Å². The molecule has 0 aliphatic rings. The fraction of sp³-hybridized carbons (Fsp3) is 0.333. The Hall–Kier alpha value is -0.150. The Morgan fingerprint density at radius 2 is 2.56 bits per heavy atom. The SMILES string of the molecule is SCCNc1cccs1. The second-order valence-corrected chi connectivity index (χ2v) is 3.02. The molecule has 0 fully saturated rings. The van der Waals surface area contributed by atoms with Gasteiger partial charge >= 0.3 is 0 Å². The van der Waals surface area contributed by atoms with Crippen molar-refractivity contribution in [2.24, 2.45) is 0 Å². The molecule has 0 bridgehead atoms. The van der Waals surface area contributed by atoms with Gasteiger partial charge < -0.3 is 5.32 Å². The predicted molar refractivity (Wildman–Crippen MR) is 46.7 cm³/mol. The lowest BCUT2D eigenvalue weighted by Gasteiger charge is -1.96. The third kappa shape index (κ3) is 2.28. The van der Waals surface area contributed by atoms with Crippen LogP contribution in [0.4, 0.5) is 5.00 Å². The number of thiol groups is 1. The zero-order valence-corrected chi connectivity index (χ0v) is 6.71. The molecule has 0 amide bonds. The third-order valence-corrected chi connectivity index (χ3v) is 1.98. The lowest BCUT2D eigenvalue weighted by molar-refractivity contribution is 1.25. The van der Waals surface area contributed by atoms with Gasteiger partial charge in [0.05, 0.1) is 5.00 Å². The maximum Gasteiger partial charge on any atom is 0.0882 e. The van der Waals surface area contributed by atoms with Crippen LogP contribution in [-0.4, -0.2) is 12.3 Å². The lowest BCUT2D eigenvalue weighted by atomic mass is 10.6. The minimum atomic E-state index is 0.887. The van der Waals surface area contributed by atoms with E-state index in [0.717, 1.165) is 12.3 Å². The summed E-state index contributed by atoms with van der Waals surface area (Å²) in [5.74, 6) is 0.887. The van der Waals surface area contributed by atoms with Gasteiger partial charge in [-0.25, -0.2) is 0 Å². The molecule has 0 aliphatic carbocycles. The number of anilines is 1. The molecule has 1 heterocycles. The van der Waals surface area contributed by atoms with Crippen LogP contribution in [0.15, 0.2) is 17.5 Å². The maximum atomic E-state index is 4.07. The minimum Gasteiger partial charge on any atom is -0.376 e. The van der Waals surface area contributed by atoms with Crippen LogP contribution in [-0.2, 0) is 0 Å². The van der Waals surface area contributed by atoms with Crippen molar-refractivity contribution in [3.05, 3.63) is 17.5 Å². The molecule has 3 heteroatoms. The molecule has 1 aromatic heterocycles. The summed E-state index contributed by atoms with van der Waals surface area (Å²) < 4.78 is 0. The van der Waals surface area contributed by atoms with E-state index in [2.05, 4.69) is 29.4 Å². The van der Waals surface area contributed by atoms with Crippen molar-refractivity contribution in [3.63, 3.8) is 0 Å². The Labute approximate surface area is 64.5 Å². The summed E-state index contributed by atoms with van der Waals surface area (Å²) in [6.45, 7) is 0.948. The quantitative estimate of drug-likeness (QED) is 0.644. The number of rotatable bonds is 3. The van der Waals surface area contributed by atoms with Crippen LogP contribution in [0.3, 0.4) is 0 Å². The smallest absolute Gasteiger partial charge is 0.0882 e. The van der Waals surface area contributed by atoms with E-state index in [1.807, 2.05) is 6.07 Å². The summed E-state index contributed by atoms with van der Waals surface area (Å²) in [4.78, 5) is 0. The summed E-state index contributed by atoms with van der Waals surface area (Å²) in [5.41, 5.74) is 0. The topological polar surface area (TPSA) is 12.0 Å². The van der Waals surface area contributed by atoms with Crippen LogP contribution in [0.25, 0.3) is 0 Å². The van der Waals surface area contributed by atoms with Crippen molar-refractivity contribution >= 4 is 29.0 Å². The van der Waals surface area contributed by atoms with Gasteiger partial charge in [-0.15, -0.1) is 11.3 Å². The third-order valence-electron chi connectivity index (χ3n) is 0.932. The summed E-state index contributed by atoms with van der Waals surface area (Å²) in [5, 5.41) is 6.50. The van der Waals surface area contributed by atoms with Crippen LogP contribution < -0.4 is 5.32 Å². The number of hydrogen-bond donors (Lipinski definition) is 2. The Bertz CT molecular complexity index is 148. The van der Waals surface area contributed by atoms with E-state index < -0.39 is 0 Å². The first-order valence-electron chi connectivity index (χ1n) is 2.81. The van der Waals surface area contributed by atoms with Crippen molar-refractivity contribution in [1.29, 1.82) is 0 Å². The van der Waals surface area contributed by atoms with Crippen molar-refractivity contribution in [3.8, 4) is 0 Å². The molecule has 0 saturated carbocycles. The van der Waals surface area contributed by atoms with E-state index in [4.69, 9.17) is 0 Å². The molecule has 0 aromatic carbocycles. The molecule has 0 spiro atoms. The Kier molecular flexibility index (Phi) is 2.94. The van der Waals surface area contributed by atoms with Crippen LogP contribution >= 0.6 is 24.0 Å². The molecule has 0 unspecified atom stereocenters. The highest BCUT2D eigenvalue weighted by Gasteiger charge is 1.86. The average molecular weight is 159 g/mol. The zero-order valence-electron chi connectivity index (χ0n) is 5.00. The van der Waals surface area contributed by atoms with Crippen molar-refractivity contribution in [1.82, 2.24) is 0 Å². The van der Waals surface area contributed by atoms with Gasteiger partial charge in [-0.3, -0.25) is 0 Å². The molecule has 1 aromatic rings. The highest BCUT2D eigenvalue weighted by atomic mass is 32.1. The average Bonchev–Trinajstić information content (AvgIpc) is 2.34. The fourth-order valence-corrected chi connectivity index (χ4v) is 1.32. The highest BCUT2D eigenvalue weighted by molar-refractivity contribution is 7.80. The van der Waals surface area contributed by atoms with E-state index in [0.29, 0.717) is 0 Å². The van der Waals surface area contributed by atoms with Crippen molar-refractivity contribution < 1.29 is 0 Å². The monoisotopic (exact) mass is 159 g/mol. The predicted octanol–water partition coefficient (Wildman–Crippen LogP) is 2.09. The number of thiophene rings is 1. The van der Waals surface area contributed by atoms with Gasteiger partial charge in [0.1, 0.15) is 0 Å². The second-order valence-electron chi connectivity index (χ2n) is 1.63. The van der Waals surface area contributed by atoms with Crippen LogP contribution in [0.5, 0.6) is 0 Å². The van der Waals surface area contributed by atoms with Gasteiger partial charge in [0, 0.05) is 12.3 Å². The van der Waals surface area contributed by atoms with Crippen LogP contribution in [0.1, 0.15) is 0 Å². The van der Waals surface area contributed by atoms with E-state index in [-0.39, 0.29) is 0 Å². The first kappa shape index (κ1) is 6.96. The molecule has 0 radical (unpaired) electrons. The van der Waals surface area contributed by atoms with Crippen molar-refractivity contribution in [2.45, 2.75) is 0 Å². The molecule has 1 nitrogen and oxygen atoms in total. The van der Waals surface area contributed by atoms with E-state index in [1.165, 1.54) is 5.00 Å². The van der Waals surface area contributed by atoms with Gasteiger partial charge in [-0.2, -0.15) is 12.6 Å². The minimum absolute atomic E-state index is 0.887. The summed E-state index contributed by atoms with van der Waals surface area (Å²) in [7, 11) is 0. The summed E-state index contributed by atoms with van der Waals surface area (Å²) in [6, 6.07) is 4.10. The molecular formula is C6H9NS2.